The summed E-state index contributed by atoms with van der Waals surface area (Å²) in [7, 11) is 0. The van der Waals surface area contributed by atoms with E-state index in [1.807, 2.05) is 37.3 Å². The van der Waals surface area contributed by atoms with E-state index in [4.69, 9.17) is 23.2 Å². The molecule has 0 spiro atoms. The minimum atomic E-state index is -0.241. The first-order chi connectivity index (χ1) is 14.5. The maximum absolute atomic E-state index is 13.1. The fourth-order valence-corrected chi connectivity index (χ4v) is 4.85. The van der Waals surface area contributed by atoms with Crippen molar-refractivity contribution in [3.63, 3.8) is 0 Å². The van der Waals surface area contributed by atoms with E-state index >= 15 is 0 Å². The third-order valence-electron chi connectivity index (χ3n) is 4.76. The van der Waals surface area contributed by atoms with Gasteiger partial charge in [0, 0.05) is 15.6 Å². The van der Waals surface area contributed by atoms with Crippen molar-refractivity contribution in [3.05, 3.63) is 80.2 Å². The van der Waals surface area contributed by atoms with E-state index in [0.29, 0.717) is 30.9 Å². The van der Waals surface area contributed by atoms with Gasteiger partial charge in [-0.1, -0.05) is 64.8 Å². The number of fused-ring (bicyclic) bond motifs is 3. The summed E-state index contributed by atoms with van der Waals surface area (Å²) in [6, 6.07) is 14.9. The first kappa shape index (κ1) is 19.1. The highest BCUT2D eigenvalue weighted by molar-refractivity contribution is 7.25. The predicted octanol–water partition coefficient (Wildman–Crippen LogP) is 5.13. The molecule has 30 heavy (non-hydrogen) atoms. The van der Waals surface area contributed by atoms with Crippen LogP contribution in [-0.2, 0) is 6.54 Å². The van der Waals surface area contributed by atoms with E-state index in [1.54, 1.807) is 18.2 Å². The number of aromatic nitrogens is 5. The molecule has 0 unspecified atom stereocenters. The summed E-state index contributed by atoms with van der Waals surface area (Å²) in [6.45, 7) is 2.09. The molecule has 0 aliphatic carbocycles. The van der Waals surface area contributed by atoms with Gasteiger partial charge in [0.2, 0.25) is 0 Å². The second-order valence-corrected chi connectivity index (χ2v) is 8.59. The molecule has 0 aliphatic heterocycles. The van der Waals surface area contributed by atoms with Gasteiger partial charge in [0.1, 0.15) is 15.0 Å². The minimum absolute atomic E-state index is 0.200. The Morgan fingerprint density at radius 1 is 1.07 bits per heavy atom. The maximum atomic E-state index is 13.1. The van der Waals surface area contributed by atoms with Crippen molar-refractivity contribution in [2.24, 2.45) is 0 Å². The lowest BCUT2D eigenvalue weighted by Gasteiger charge is -2.06. The van der Waals surface area contributed by atoms with Crippen LogP contribution in [0.4, 0.5) is 0 Å². The number of aryl methyl sites for hydroxylation is 1. The zero-order valence-corrected chi connectivity index (χ0v) is 18.0. The molecule has 0 N–H and O–H groups in total. The van der Waals surface area contributed by atoms with Crippen LogP contribution in [0.3, 0.4) is 0 Å². The molecule has 0 saturated heterocycles. The Balaban J connectivity index is 1.65. The summed E-state index contributed by atoms with van der Waals surface area (Å²) in [5.74, 6) is 0.619. The van der Waals surface area contributed by atoms with Gasteiger partial charge in [-0.3, -0.25) is 4.79 Å². The number of thiophene rings is 1. The Hall–Kier alpha value is -2.87. The van der Waals surface area contributed by atoms with Gasteiger partial charge in [-0.15, -0.1) is 16.4 Å². The fourth-order valence-electron chi connectivity index (χ4n) is 3.28. The van der Waals surface area contributed by atoms with Gasteiger partial charge in [0.05, 0.1) is 17.6 Å². The van der Waals surface area contributed by atoms with Crippen molar-refractivity contribution in [1.29, 1.82) is 0 Å². The summed E-state index contributed by atoms with van der Waals surface area (Å²) in [4.78, 5) is 23.1. The summed E-state index contributed by atoms with van der Waals surface area (Å²) in [5.41, 5.74) is 2.70. The molecule has 0 bridgehead atoms. The lowest BCUT2D eigenvalue weighted by molar-refractivity contribution is 0.602. The van der Waals surface area contributed by atoms with E-state index in [-0.39, 0.29) is 12.1 Å². The summed E-state index contributed by atoms with van der Waals surface area (Å²) in [5, 5.41) is 10.2. The zero-order chi connectivity index (χ0) is 20.8. The number of hydrogen-bond donors (Lipinski definition) is 0. The number of hydrogen-bond acceptors (Lipinski definition) is 6. The van der Waals surface area contributed by atoms with Crippen LogP contribution in [-0.4, -0.2) is 25.0 Å². The lowest BCUT2D eigenvalue weighted by atomic mass is 10.2. The standard InChI is InChI=1S/C21H13Cl2N5OS/c1-11-16-17-18(30-20(16)25-19(24-11)12-5-3-2-4-6-12)21(29)28(27-26-17)10-13-7-8-14(22)9-15(13)23/h2-9H,10H2,1H3. The molecule has 3 heterocycles. The number of nitrogens with zero attached hydrogens (tertiary/aromatic N) is 5. The van der Waals surface area contributed by atoms with Gasteiger partial charge in [0.15, 0.2) is 5.82 Å². The van der Waals surface area contributed by atoms with Crippen LogP contribution < -0.4 is 5.56 Å². The first-order valence-electron chi connectivity index (χ1n) is 9.05. The van der Waals surface area contributed by atoms with Crippen molar-refractivity contribution in [2.75, 3.05) is 0 Å². The maximum Gasteiger partial charge on any atom is 0.288 e. The highest BCUT2D eigenvalue weighted by Gasteiger charge is 2.18. The number of halogens is 2. The minimum Gasteiger partial charge on any atom is -0.266 e. The molecule has 5 aromatic rings. The lowest BCUT2D eigenvalue weighted by Crippen LogP contribution is -2.24. The van der Waals surface area contributed by atoms with Crippen LogP contribution in [0.5, 0.6) is 0 Å². The van der Waals surface area contributed by atoms with Crippen molar-refractivity contribution < 1.29 is 0 Å². The van der Waals surface area contributed by atoms with Gasteiger partial charge in [-0.05, 0) is 24.6 Å². The van der Waals surface area contributed by atoms with E-state index in [0.717, 1.165) is 22.2 Å². The zero-order valence-electron chi connectivity index (χ0n) is 15.6. The molecule has 3 aromatic heterocycles. The van der Waals surface area contributed by atoms with Crippen LogP contribution >= 0.6 is 34.5 Å². The molecule has 0 atom stereocenters. The van der Waals surface area contributed by atoms with Gasteiger partial charge in [-0.2, -0.15) is 0 Å². The van der Waals surface area contributed by atoms with Crippen LogP contribution in [0.15, 0.2) is 53.3 Å². The van der Waals surface area contributed by atoms with Crippen LogP contribution in [0, 0.1) is 6.92 Å². The molecule has 2 aromatic carbocycles. The Bertz CT molecular complexity index is 1480. The Morgan fingerprint density at radius 3 is 2.63 bits per heavy atom. The van der Waals surface area contributed by atoms with Crippen molar-refractivity contribution in [3.8, 4) is 11.4 Å². The molecule has 5 rings (SSSR count). The van der Waals surface area contributed by atoms with E-state index < -0.39 is 0 Å². The molecule has 0 radical (unpaired) electrons. The molecule has 0 amide bonds. The van der Waals surface area contributed by atoms with Gasteiger partial charge < -0.3 is 0 Å². The molecule has 148 valence electrons. The molecule has 0 saturated carbocycles. The average molecular weight is 454 g/mol. The monoisotopic (exact) mass is 453 g/mol. The van der Waals surface area contributed by atoms with Crippen molar-refractivity contribution in [1.82, 2.24) is 25.0 Å². The number of benzene rings is 2. The Morgan fingerprint density at radius 2 is 1.87 bits per heavy atom. The summed E-state index contributed by atoms with van der Waals surface area (Å²) < 4.78 is 1.79. The average Bonchev–Trinajstić information content (AvgIpc) is 3.12. The van der Waals surface area contributed by atoms with Crippen molar-refractivity contribution >= 4 is 55.0 Å². The van der Waals surface area contributed by atoms with Crippen LogP contribution in [0.2, 0.25) is 10.0 Å². The van der Waals surface area contributed by atoms with Gasteiger partial charge >= 0.3 is 0 Å². The van der Waals surface area contributed by atoms with Crippen LogP contribution in [0.1, 0.15) is 11.3 Å². The van der Waals surface area contributed by atoms with E-state index in [1.165, 1.54) is 16.0 Å². The topological polar surface area (TPSA) is 73.6 Å². The summed E-state index contributed by atoms with van der Waals surface area (Å²) >= 11 is 13.5. The Labute approximate surface area is 184 Å². The van der Waals surface area contributed by atoms with Crippen molar-refractivity contribution in [2.45, 2.75) is 13.5 Å². The molecule has 0 aliphatic rings. The predicted molar refractivity (Wildman–Crippen MR) is 121 cm³/mol. The van der Waals surface area contributed by atoms with E-state index in [2.05, 4.69) is 20.3 Å². The van der Waals surface area contributed by atoms with Gasteiger partial charge in [-0.25, -0.2) is 14.6 Å². The highest BCUT2D eigenvalue weighted by atomic mass is 35.5. The normalized spacial score (nSPS) is 11.4. The second kappa shape index (κ2) is 7.43. The molecule has 6 nitrogen and oxygen atoms in total. The second-order valence-electron chi connectivity index (χ2n) is 6.75. The smallest absolute Gasteiger partial charge is 0.266 e. The third-order valence-corrected chi connectivity index (χ3v) is 6.40. The number of rotatable bonds is 3. The highest BCUT2D eigenvalue weighted by Crippen LogP contribution is 2.32. The first-order valence-corrected chi connectivity index (χ1v) is 10.6. The van der Waals surface area contributed by atoms with E-state index in [9.17, 15) is 4.79 Å². The molecular weight excluding hydrogens is 441 g/mol. The molecular formula is C21H13Cl2N5OS. The van der Waals surface area contributed by atoms with Crippen LogP contribution in [0.25, 0.3) is 31.8 Å². The molecule has 9 heteroatoms. The quantitative estimate of drug-likeness (QED) is 0.378. The third kappa shape index (κ3) is 3.25. The fraction of sp³-hybridized carbons (Fsp3) is 0.0952. The Kier molecular flexibility index (Phi) is 4.73. The molecule has 0 fully saturated rings. The largest absolute Gasteiger partial charge is 0.288 e. The summed E-state index contributed by atoms with van der Waals surface area (Å²) in [6.07, 6.45) is 0. The SMILES string of the molecule is Cc1nc(-c2ccccc2)nc2sc3c(=O)n(Cc4ccc(Cl)cc4Cl)nnc3c12. The van der Waals surface area contributed by atoms with Gasteiger partial charge in [0.25, 0.3) is 5.56 Å².